The molecule has 0 saturated heterocycles. The van der Waals surface area contributed by atoms with E-state index in [9.17, 15) is 4.79 Å². The summed E-state index contributed by atoms with van der Waals surface area (Å²) in [6, 6.07) is 8.03. The summed E-state index contributed by atoms with van der Waals surface area (Å²) in [6.07, 6.45) is 6.78. The van der Waals surface area contributed by atoms with Crippen molar-refractivity contribution in [1.82, 2.24) is 0 Å². The average Bonchev–Trinajstić information content (AvgIpc) is 2.30. The Labute approximate surface area is 102 Å². The first-order valence-corrected chi connectivity index (χ1v) is 6.91. The van der Waals surface area contributed by atoms with E-state index in [4.69, 9.17) is 0 Å². The van der Waals surface area contributed by atoms with Gasteiger partial charge in [-0.1, -0.05) is 31.4 Å². The number of ketones is 1. The van der Waals surface area contributed by atoms with E-state index in [0.717, 1.165) is 10.8 Å². The molecule has 0 heterocycles. The van der Waals surface area contributed by atoms with Crippen molar-refractivity contribution < 1.29 is 4.79 Å². The summed E-state index contributed by atoms with van der Waals surface area (Å²) in [5.74, 6) is 0.158. The third kappa shape index (κ3) is 3.11. The van der Waals surface area contributed by atoms with E-state index in [0.29, 0.717) is 0 Å². The van der Waals surface area contributed by atoms with Crippen molar-refractivity contribution in [3.05, 3.63) is 29.8 Å². The molecule has 1 aromatic carbocycles. The van der Waals surface area contributed by atoms with E-state index >= 15 is 0 Å². The Morgan fingerprint density at radius 1 is 1.25 bits per heavy atom. The Morgan fingerprint density at radius 2 is 2.00 bits per heavy atom. The topological polar surface area (TPSA) is 17.1 Å². The van der Waals surface area contributed by atoms with Crippen LogP contribution < -0.4 is 0 Å². The fourth-order valence-corrected chi connectivity index (χ4v) is 3.47. The molecular weight excluding hydrogens is 216 g/mol. The van der Waals surface area contributed by atoms with Crippen molar-refractivity contribution in [1.29, 1.82) is 0 Å². The first-order valence-electron chi connectivity index (χ1n) is 6.03. The molecule has 0 N–H and O–H groups in total. The van der Waals surface area contributed by atoms with E-state index < -0.39 is 0 Å². The molecule has 16 heavy (non-hydrogen) atoms. The van der Waals surface area contributed by atoms with Crippen LogP contribution in [0.25, 0.3) is 0 Å². The van der Waals surface area contributed by atoms with Crippen molar-refractivity contribution in [2.24, 2.45) is 0 Å². The Morgan fingerprint density at radius 3 is 2.69 bits per heavy atom. The summed E-state index contributed by atoms with van der Waals surface area (Å²) in [7, 11) is 0. The molecule has 0 aliphatic heterocycles. The van der Waals surface area contributed by atoms with Gasteiger partial charge in [0, 0.05) is 15.7 Å². The molecule has 0 unspecified atom stereocenters. The van der Waals surface area contributed by atoms with Crippen molar-refractivity contribution in [2.75, 3.05) is 0 Å². The number of benzene rings is 1. The van der Waals surface area contributed by atoms with Crippen LogP contribution in [0, 0.1) is 0 Å². The van der Waals surface area contributed by atoms with Crippen molar-refractivity contribution in [3.63, 3.8) is 0 Å². The van der Waals surface area contributed by atoms with Crippen molar-refractivity contribution in [2.45, 2.75) is 49.2 Å². The largest absolute Gasteiger partial charge is 0.295 e. The molecule has 0 radical (unpaired) electrons. The van der Waals surface area contributed by atoms with Crippen molar-refractivity contribution >= 4 is 17.5 Å². The average molecular weight is 234 g/mol. The zero-order valence-electron chi connectivity index (χ0n) is 9.74. The third-order valence-corrected chi connectivity index (χ3v) is 4.43. The monoisotopic (exact) mass is 234 g/mol. The van der Waals surface area contributed by atoms with Crippen LogP contribution in [0.1, 0.15) is 49.4 Å². The summed E-state index contributed by atoms with van der Waals surface area (Å²) in [5, 5.41) is 0.760. The molecule has 2 heteroatoms. The molecule has 0 atom stereocenters. The van der Waals surface area contributed by atoms with Gasteiger partial charge in [-0.15, -0.1) is 11.8 Å². The van der Waals surface area contributed by atoms with Gasteiger partial charge in [0.05, 0.1) is 0 Å². The highest BCUT2D eigenvalue weighted by Gasteiger charge is 2.14. The Balaban J connectivity index is 2.02. The van der Waals surface area contributed by atoms with Gasteiger partial charge in [0.2, 0.25) is 0 Å². The number of carbonyl (C=O) groups excluding carboxylic acids is 1. The number of carbonyl (C=O) groups is 1. The molecule has 0 aromatic heterocycles. The second kappa shape index (κ2) is 5.53. The fraction of sp³-hybridized carbons (Fsp3) is 0.500. The Kier molecular flexibility index (Phi) is 4.05. The minimum atomic E-state index is 0.158. The fourth-order valence-electron chi connectivity index (χ4n) is 2.16. The molecule has 1 saturated carbocycles. The lowest BCUT2D eigenvalue weighted by molar-refractivity contribution is 0.101. The van der Waals surface area contributed by atoms with Crippen LogP contribution in [-0.2, 0) is 0 Å². The van der Waals surface area contributed by atoms with Crippen LogP contribution in [0.5, 0.6) is 0 Å². The van der Waals surface area contributed by atoms with E-state index in [-0.39, 0.29) is 5.78 Å². The molecule has 1 aliphatic carbocycles. The SMILES string of the molecule is CC(=O)c1cccc(SC2CCCCC2)c1. The Bertz CT molecular complexity index is 367. The quantitative estimate of drug-likeness (QED) is 0.725. The maximum Gasteiger partial charge on any atom is 0.159 e. The molecule has 2 rings (SSSR count). The van der Waals surface area contributed by atoms with E-state index in [1.54, 1.807) is 6.92 Å². The van der Waals surface area contributed by atoms with Gasteiger partial charge < -0.3 is 0 Å². The van der Waals surface area contributed by atoms with Gasteiger partial charge in [-0.25, -0.2) is 0 Å². The standard InChI is InChI=1S/C14H18OS/c1-11(15)12-6-5-9-14(10-12)16-13-7-3-2-4-8-13/h5-6,9-10,13H,2-4,7-8H2,1H3. The molecular formula is C14H18OS. The zero-order chi connectivity index (χ0) is 11.4. The highest BCUT2D eigenvalue weighted by Crippen LogP contribution is 2.33. The van der Waals surface area contributed by atoms with Gasteiger partial charge in [-0.2, -0.15) is 0 Å². The van der Waals surface area contributed by atoms with Crippen molar-refractivity contribution in [3.8, 4) is 0 Å². The predicted molar refractivity (Wildman–Crippen MR) is 69.2 cm³/mol. The lowest BCUT2D eigenvalue weighted by Crippen LogP contribution is -2.07. The van der Waals surface area contributed by atoms with Crippen LogP contribution in [0.2, 0.25) is 0 Å². The predicted octanol–water partition coefficient (Wildman–Crippen LogP) is 4.31. The third-order valence-electron chi connectivity index (χ3n) is 3.10. The van der Waals surface area contributed by atoms with Crippen LogP contribution in [-0.4, -0.2) is 11.0 Å². The first kappa shape index (κ1) is 11.7. The van der Waals surface area contributed by atoms with Crippen LogP contribution in [0.4, 0.5) is 0 Å². The molecule has 1 aromatic rings. The number of rotatable bonds is 3. The summed E-state index contributed by atoms with van der Waals surface area (Å²) in [4.78, 5) is 12.5. The maximum absolute atomic E-state index is 11.3. The van der Waals surface area contributed by atoms with Crippen LogP contribution in [0.3, 0.4) is 0 Å². The number of hydrogen-bond donors (Lipinski definition) is 0. The second-order valence-electron chi connectivity index (χ2n) is 4.46. The van der Waals surface area contributed by atoms with Crippen LogP contribution in [0.15, 0.2) is 29.2 Å². The Hall–Kier alpha value is -0.760. The summed E-state index contributed by atoms with van der Waals surface area (Å²) in [6.45, 7) is 1.63. The summed E-state index contributed by atoms with van der Waals surface area (Å²) < 4.78 is 0. The van der Waals surface area contributed by atoms with Gasteiger partial charge in [-0.3, -0.25) is 4.79 Å². The van der Waals surface area contributed by atoms with Gasteiger partial charge in [0.1, 0.15) is 0 Å². The molecule has 0 amide bonds. The second-order valence-corrected chi connectivity index (χ2v) is 5.84. The van der Waals surface area contributed by atoms with Gasteiger partial charge in [0.15, 0.2) is 5.78 Å². The lowest BCUT2D eigenvalue weighted by Gasteiger charge is -2.21. The van der Waals surface area contributed by atoms with E-state index in [2.05, 4.69) is 6.07 Å². The van der Waals surface area contributed by atoms with E-state index in [1.165, 1.54) is 37.0 Å². The van der Waals surface area contributed by atoms with Crippen LogP contribution >= 0.6 is 11.8 Å². The highest BCUT2D eigenvalue weighted by molar-refractivity contribution is 8.00. The lowest BCUT2D eigenvalue weighted by atomic mass is 10.0. The van der Waals surface area contributed by atoms with Gasteiger partial charge >= 0.3 is 0 Å². The molecule has 1 aliphatic rings. The number of hydrogen-bond acceptors (Lipinski definition) is 2. The smallest absolute Gasteiger partial charge is 0.159 e. The molecule has 0 spiro atoms. The molecule has 86 valence electrons. The summed E-state index contributed by atoms with van der Waals surface area (Å²) >= 11 is 1.94. The van der Waals surface area contributed by atoms with Gasteiger partial charge in [-0.05, 0) is 31.9 Å². The molecule has 1 nitrogen and oxygen atoms in total. The first-order chi connectivity index (χ1) is 7.75. The minimum Gasteiger partial charge on any atom is -0.295 e. The maximum atomic E-state index is 11.3. The normalized spacial score (nSPS) is 17.3. The van der Waals surface area contributed by atoms with Gasteiger partial charge in [0.25, 0.3) is 0 Å². The van der Waals surface area contributed by atoms with E-state index in [1.807, 2.05) is 30.0 Å². The zero-order valence-corrected chi connectivity index (χ0v) is 10.6. The minimum absolute atomic E-state index is 0.158. The molecule has 1 fully saturated rings. The number of thioether (sulfide) groups is 1. The summed E-state index contributed by atoms with van der Waals surface area (Å²) in [5.41, 5.74) is 0.834. The molecule has 0 bridgehead atoms. The highest BCUT2D eigenvalue weighted by atomic mass is 32.2. The number of Topliss-reactive ketones (excluding diaryl/α,β-unsaturated/α-hetero) is 1.